The molecule has 1 nitrogen and oxygen atoms in total. The predicted octanol–water partition coefficient (Wildman–Crippen LogP) is 13.7. The average Bonchev–Trinajstić information content (AvgIpc) is 3.54. The van der Waals surface area contributed by atoms with E-state index in [1.54, 1.807) is 0 Å². The van der Waals surface area contributed by atoms with Crippen molar-refractivity contribution in [2.75, 3.05) is 4.90 Å². The number of anilines is 3. The molecule has 226 valence electrons. The molecule has 0 radical (unpaired) electrons. The van der Waals surface area contributed by atoms with Gasteiger partial charge < -0.3 is 4.90 Å². The van der Waals surface area contributed by atoms with Crippen LogP contribution in [0.2, 0.25) is 0 Å². The van der Waals surface area contributed by atoms with Crippen molar-refractivity contribution >= 4 is 59.3 Å². The zero-order valence-corrected chi connectivity index (χ0v) is 27.1. The lowest BCUT2D eigenvalue weighted by atomic mass is 9.97. The summed E-state index contributed by atoms with van der Waals surface area (Å²) in [5, 5.41) is 5.16. The molecule has 0 fully saturated rings. The van der Waals surface area contributed by atoms with Crippen LogP contribution < -0.4 is 4.90 Å². The third-order valence-electron chi connectivity index (χ3n) is 9.25. The SMILES string of the molecule is c1ccc(N(c2ccc(-c3cccc(-c4ccc5ccccc5c4)c3)cc2)c2ccccc2-c2ccc3c(c2)sc2ccccc23)cc1. The molecule has 0 aliphatic heterocycles. The lowest BCUT2D eigenvalue weighted by Gasteiger charge is -2.28. The minimum atomic E-state index is 1.12. The number of nitrogens with zero attached hydrogens (tertiary/aromatic N) is 1. The zero-order valence-electron chi connectivity index (χ0n) is 26.3. The van der Waals surface area contributed by atoms with Crippen molar-refractivity contribution in [2.45, 2.75) is 0 Å². The molecule has 0 N–H and O–H groups in total. The third-order valence-corrected chi connectivity index (χ3v) is 10.4. The molecule has 48 heavy (non-hydrogen) atoms. The van der Waals surface area contributed by atoms with Crippen molar-refractivity contribution in [1.82, 2.24) is 0 Å². The van der Waals surface area contributed by atoms with Crippen LogP contribution in [-0.2, 0) is 0 Å². The fourth-order valence-corrected chi connectivity index (χ4v) is 8.01. The van der Waals surface area contributed by atoms with Crippen molar-refractivity contribution in [3.63, 3.8) is 0 Å². The molecule has 0 unspecified atom stereocenters. The van der Waals surface area contributed by atoms with Crippen LogP contribution in [0.4, 0.5) is 17.1 Å². The Morgan fingerprint density at radius 2 is 0.958 bits per heavy atom. The molecule has 0 amide bonds. The largest absolute Gasteiger partial charge is 0.310 e. The van der Waals surface area contributed by atoms with Crippen LogP contribution in [0.15, 0.2) is 188 Å². The Hall–Kier alpha value is -5.96. The number of rotatable bonds is 6. The maximum absolute atomic E-state index is 2.37. The molecule has 8 aromatic carbocycles. The van der Waals surface area contributed by atoms with Gasteiger partial charge in [-0.1, -0.05) is 133 Å². The van der Waals surface area contributed by atoms with Crippen LogP contribution in [-0.4, -0.2) is 0 Å². The van der Waals surface area contributed by atoms with E-state index in [1.165, 1.54) is 64.3 Å². The summed E-state index contributed by atoms with van der Waals surface area (Å²) >= 11 is 1.86. The summed E-state index contributed by atoms with van der Waals surface area (Å²) in [5.41, 5.74) is 10.7. The van der Waals surface area contributed by atoms with E-state index in [9.17, 15) is 0 Å². The molecular formula is C46H31NS. The highest BCUT2D eigenvalue weighted by Crippen LogP contribution is 2.43. The van der Waals surface area contributed by atoms with Gasteiger partial charge in [0.1, 0.15) is 0 Å². The first-order valence-electron chi connectivity index (χ1n) is 16.3. The molecule has 2 heteroatoms. The molecule has 9 rings (SSSR count). The Bertz CT molecular complexity index is 2560. The second kappa shape index (κ2) is 12.0. The average molecular weight is 630 g/mol. The highest BCUT2D eigenvalue weighted by molar-refractivity contribution is 7.25. The standard InChI is InChI=1S/C46H31NS/c1-2-15-39(16-3-1)47(44-19-8-6-17-41(44)38-25-28-43-42-18-7-9-20-45(42)48-46(43)31-38)40-26-23-33(24-27-40)35-13-10-14-36(29-35)37-22-21-32-11-4-5-12-34(32)30-37/h1-31H. The first-order chi connectivity index (χ1) is 23.8. The van der Waals surface area contributed by atoms with Gasteiger partial charge in [-0.3, -0.25) is 0 Å². The van der Waals surface area contributed by atoms with Crippen molar-refractivity contribution in [1.29, 1.82) is 0 Å². The van der Waals surface area contributed by atoms with Gasteiger partial charge >= 0.3 is 0 Å². The molecular weight excluding hydrogens is 599 g/mol. The second-order valence-electron chi connectivity index (χ2n) is 12.2. The Kier molecular flexibility index (Phi) is 7.07. The fraction of sp³-hybridized carbons (Fsp3) is 0. The summed E-state index contributed by atoms with van der Waals surface area (Å²) in [6.45, 7) is 0. The summed E-state index contributed by atoms with van der Waals surface area (Å²) in [6.07, 6.45) is 0. The van der Waals surface area contributed by atoms with Crippen LogP contribution >= 0.6 is 11.3 Å². The van der Waals surface area contributed by atoms with Gasteiger partial charge in [-0.2, -0.15) is 0 Å². The van der Waals surface area contributed by atoms with E-state index < -0.39 is 0 Å². The summed E-state index contributed by atoms with van der Waals surface area (Å²) < 4.78 is 2.64. The van der Waals surface area contributed by atoms with Crippen LogP contribution in [0.5, 0.6) is 0 Å². The van der Waals surface area contributed by atoms with Crippen LogP contribution in [0.1, 0.15) is 0 Å². The molecule has 0 saturated carbocycles. The smallest absolute Gasteiger partial charge is 0.0540 e. The third kappa shape index (κ3) is 5.13. The first-order valence-corrected chi connectivity index (χ1v) is 17.2. The van der Waals surface area contributed by atoms with Crippen molar-refractivity contribution in [2.24, 2.45) is 0 Å². The normalized spacial score (nSPS) is 11.3. The fourth-order valence-electron chi connectivity index (χ4n) is 6.86. The van der Waals surface area contributed by atoms with E-state index in [0.717, 1.165) is 17.1 Å². The number of hydrogen-bond donors (Lipinski definition) is 0. The van der Waals surface area contributed by atoms with E-state index >= 15 is 0 Å². The molecule has 1 heterocycles. The topological polar surface area (TPSA) is 3.24 Å². The van der Waals surface area contributed by atoms with E-state index in [4.69, 9.17) is 0 Å². The number of para-hydroxylation sites is 2. The highest BCUT2D eigenvalue weighted by Gasteiger charge is 2.18. The van der Waals surface area contributed by atoms with Gasteiger partial charge in [0.25, 0.3) is 0 Å². The molecule has 1 aromatic heterocycles. The summed E-state index contributed by atoms with van der Waals surface area (Å²) in [6, 6.07) is 68.1. The maximum atomic E-state index is 2.37. The second-order valence-corrected chi connectivity index (χ2v) is 13.3. The number of thiophene rings is 1. The van der Waals surface area contributed by atoms with Gasteiger partial charge in [-0.25, -0.2) is 0 Å². The van der Waals surface area contributed by atoms with E-state index in [-0.39, 0.29) is 0 Å². The number of fused-ring (bicyclic) bond motifs is 4. The van der Waals surface area contributed by atoms with Gasteiger partial charge in [0, 0.05) is 37.1 Å². The van der Waals surface area contributed by atoms with Crippen molar-refractivity contribution in [3.05, 3.63) is 188 Å². The Labute approximate surface area is 284 Å². The number of hydrogen-bond acceptors (Lipinski definition) is 2. The maximum Gasteiger partial charge on any atom is 0.0540 e. The Morgan fingerprint density at radius 1 is 0.333 bits per heavy atom. The molecule has 0 aliphatic rings. The van der Waals surface area contributed by atoms with Crippen LogP contribution in [0.25, 0.3) is 64.3 Å². The minimum Gasteiger partial charge on any atom is -0.310 e. The van der Waals surface area contributed by atoms with Gasteiger partial charge in [0.15, 0.2) is 0 Å². The summed E-state index contributed by atoms with van der Waals surface area (Å²) in [7, 11) is 0. The van der Waals surface area contributed by atoms with Gasteiger partial charge in [0.2, 0.25) is 0 Å². The summed E-state index contributed by atoms with van der Waals surface area (Å²) in [5.74, 6) is 0. The predicted molar refractivity (Wildman–Crippen MR) is 208 cm³/mol. The molecule has 9 aromatic rings. The van der Waals surface area contributed by atoms with Crippen molar-refractivity contribution < 1.29 is 0 Å². The first kappa shape index (κ1) is 28.3. The van der Waals surface area contributed by atoms with Gasteiger partial charge in [0.05, 0.1) is 5.69 Å². The molecule has 0 atom stereocenters. The molecule has 0 saturated heterocycles. The Balaban J connectivity index is 1.10. The van der Waals surface area contributed by atoms with E-state index in [0.29, 0.717) is 0 Å². The molecule has 0 aliphatic carbocycles. The minimum absolute atomic E-state index is 1.12. The lowest BCUT2D eigenvalue weighted by molar-refractivity contribution is 1.28. The van der Waals surface area contributed by atoms with Gasteiger partial charge in [-0.15, -0.1) is 11.3 Å². The van der Waals surface area contributed by atoms with Crippen LogP contribution in [0, 0.1) is 0 Å². The summed E-state index contributed by atoms with van der Waals surface area (Å²) in [4.78, 5) is 2.37. The Morgan fingerprint density at radius 3 is 1.83 bits per heavy atom. The quantitative estimate of drug-likeness (QED) is 0.177. The zero-order chi connectivity index (χ0) is 31.9. The van der Waals surface area contributed by atoms with Crippen molar-refractivity contribution in [3.8, 4) is 33.4 Å². The molecule has 0 spiro atoms. The highest BCUT2D eigenvalue weighted by atomic mass is 32.1. The lowest BCUT2D eigenvalue weighted by Crippen LogP contribution is -2.11. The van der Waals surface area contributed by atoms with Crippen LogP contribution in [0.3, 0.4) is 0 Å². The van der Waals surface area contributed by atoms with E-state index in [2.05, 4.69) is 193 Å². The monoisotopic (exact) mass is 629 g/mol. The van der Waals surface area contributed by atoms with Gasteiger partial charge in [-0.05, 0) is 93.2 Å². The number of benzene rings is 8. The van der Waals surface area contributed by atoms with E-state index in [1.807, 2.05) is 11.3 Å². The molecule has 0 bridgehead atoms.